The lowest BCUT2D eigenvalue weighted by Crippen LogP contribution is -2.43. The van der Waals surface area contributed by atoms with Crippen LogP contribution in [0.2, 0.25) is 0 Å². The van der Waals surface area contributed by atoms with E-state index in [2.05, 4.69) is 19.2 Å². The molecule has 2 N–H and O–H groups in total. The lowest BCUT2D eigenvalue weighted by Gasteiger charge is -2.36. The summed E-state index contributed by atoms with van der Waals surface area (Å²) in [5, 5.41) is 11.1. The van der Waals surface area contributed by atoms with Crippen LogP contribution in [0.5, 0.6) is 0 Å². The third-order valence-electron chi connectivity index (χ3n) is 2.41. The van der Waals surface area contributed by atoms with Crippen molar-refractivity contribution in [3.05, 3.63) is 0 Å². The van der Waals surface area contributed by atoms with Gasteiger partial charge >= 0.3 is 0 Å². The van der Waals surface area contributed by atoms with Gasteiger partial charge in [-0.25, -0.2) is 0 Å². The molecule has 0 aliphatic heterocycles. The molecule has 0 aromatic carbocycles. The van der Waals surface area contributed by atoms with Gasteiger partial charge in [-0.1, -0.05) is 20.3 Å². The SMILES string of the molecule is CCNC1CCC1CC.CCO. The fourth-order valence-electron chi connectivity index (χ4n) is 1.59. The highest BCUT2D eigenvalue weighted by molar-refractivity contribution is 4.84. The summed E-state index contributed by atoms with van der Waals surface area (Å²) >= 11 is 0. The average Bonchev–Trinajstić information content (AvgIpc) is 2.01. The van der Waals surface area contributed by atoms with Gasteiger partial charge in [0.2, 0.25) is 0 Å². The molecule has 0 spiro atoms. The van der Waals surface area contributed by atoms with Crippen LogP contribution in [-0.2, 0) is 0 Å². The van der Waals surface area contributed by atoms with Crippen LogP contribution in [0, 0.1) is 5.92 Å². The van der Waals surface area contributed by atoms with E-state index in [4.69, 9.17) is 5.11 Å². The molecule has 0 amide bonds. The van der Waals surface area contributed by atoms with Crippen molar-refractivity contribution in [2.45, 2.75) is 46.1 Å². The smallest absolute Gasteiger partial charge is 0.0402 e. The highest BCUT2D eigenvalue weighted by Gasteiger charge is 2.27. The van der Waals surface area contributed by atoms with Crippen molar-refractivity contribution >= 4 is 0 Å². The third kappa shape index (κ3) is 4.07. The highest BCUT2D eigenvalue weighted by Crippen LogP contribution is 2.29. The number of rotatable bonds is 3. The summed E-state index contributed by atoms with van der Waals surface area (Å²) in [7, 11) is 0. The predicted octanol–water partition coefficient (Wildman–Crippen LogP) is 1.78. The first-order chi connectivity index (χ1) is 5.79. The molecule has 2 atom stereocenters. The zero-order valence-electron chi connectivity index (χ0n) is 8.64. The first kappa shape index (κ1) is 11.9. The quantitative estimate of drug-likeness (QED) is 0.682. The fourth-order valence-corrected chi connectivity index (χ4v) is 1.59. The first-order valence-electron chi connectivity index (χ1n) is 5.14. The van der Waals surface area contributed by atoms with Gasteiger partial charge in [0.1, 0.15) is 0 Å². The standard InChI is InChI=1S/C8H17N.C2H6O/c1-3-7-5-6-8(7)9-4-2;1-2-3/h7-9H,3-6H2,1-2H3;3H,2H2,1H3. The Bertz CT molecular complexity index is 93.8. The summed E-state index contributed by atoms with van der Waals surface area (Å²) in [5.41, 5.74) is 0. The molecule has 0 aromatic rings. The van der Waals surface area contributed by atoms with E-state index >= 15 is 0 Å². The Labute approximate surface area is 76.4 Å². The molecule has 0 bridgehead atoms. The maximum Gasteiger partial charge on any atom is 0.0402 e. The minimum atomic E-state index is 0.250. The van der Waals surface area contributed by atoms with E-state index in [0.29, 0.717) is 0 Å². The maximum atomic E-state index is 7.57. The van der Waals surface area contributed by atoms with Gasteiger partial charge in [-0.3, -0.25) is 0 Å². The second kappa shape index (κ2) is 7.56. The minimum Gasteiger partial charge on any atom is -0.397 e. The molecule has 0 aromatic heterocycles. The van der Waals surface area contributed by atoms with Crippen molar-refractivity contribution in [1.82, 2.24) is 5.32 Å². The normalized spacial score (nSPS) is 27.0. The summed E-state index contributed by atoms with van der Waals surface area (Å²) in [4.78, 5) is 0. The molecule has 1 saturated carbocycles. The molecule has 12 heavy (non-hydrogen) atoms. The van der Waals surface area contributed by atoms with E-state index in [1.54, 1.807) is 6.92 Å². The van der Waals surface area contributed by atoms with E-state index in [1.165, 1.54) is 19.3 Å². The number of aliphatic hydroxyl groups is 1. The van der Waals surface area contributed by atoms with Crippen molar-refractivity contribution in [2.75, 3.05) is 13.2 Å². The molecule has 1 fully saturated rings. The van der Waals surface area contributed by atoms with Crippen LogP contribution in [-0.4, -0.2) is 24.3 Å². The van der Waals surface area contributed by atoms with E-state index in [0.717, 1.165) is 18.5 Å². The van der Waals surface area contributed by atoms with Gasteiger partial charge in [-0.15, -0.1) is 0 Å². The lowest BCUT2D eigenvalue weighted by atomic mass is 9.78. The summed E-state index contributed by atoms with van der Waals surface area (Å²) in [6.07, 6.45) is 4.22. The lowest BCUT2D eigenvalue weighted by molar-refractivity contribution is 0.207. The van der Waals surface area contributed by atoms with E-state index in [1.807, 2.05) is 0 Å². The number of hydrogen-bond acceptors (Lipinski definition) is 2. The van der Waals surface area contributed by atoms with Gasteiger partial charge in [-0.05, 0) is 32.2 Å². The van der Waals surface area contributed by atoms with Gasteiger partial charge in [0.15, 0.2) is 0 Å². The van der Waals surface area contributed by atoms with Crippen LogP contribution in [0.1, 0.15) is 40.0 Å². The van der Waals surface area contributed by atoms with E-state index < -0.39 is 0 Å². The van der Waals surface area contributed by atoms with Gasteiger partial charge in [-0.2, -0.15) is 0 Å². The summed E-state index contributed by atoms with van der Waals surface area (Å²) in [6, 6.07) is 0.861. The van der Waals surface area contributed by atoms with Crippen molar-refractivity contribution in [2.24, 2.45) is 5.92 Å². The largest absolute Gasteiger partial charge is 0.397 e. The first-order valence-corrected chi connectivity index (χ1v) is 5.14. The molecule has 0 radical (unpaired) electrons. The fraction of sp³-hybridized carbons (Fsp3) is 1.00. The summed E-state index contributed by atoms with van der Waals surface area (Å²) in [6.45, 7) is 7.54. The Morgan fingerprint density at radius 3 is 2.08 bits per heavy atom. The molecule has 1 aliphatic carbocycles. The van der Waals surface area contributed by atoms with Crippen molar-refractivity contribution in [3.63, 3.8) is 0 Å². The maximum absolute atomic E-state index is 7.57. The molecule has 2 unspecified atom stereocenters. The van der Waals surface area contributed by atoms with Crippen LogP contribution in [0.15, 0.2) is 0 Å². The predicted molar refractivity (Wildman–Crippen MR) is 53.2 cm³/mol. The van der Waals surface area contributed by atoms with Crippen molar-refractivity contribution < 1.29 is 5.11 Å². The molecule has 2 heteroatoms. The molecular formula is C10H23NO. The molecule has 2 nitrogen and oxygen atoms in total. The van der Waals surface area contributed by atoms with Crippen LogP contribution < -0.4 is 5.32 Å². The average molecular weight is 173 g/mol. The van der Waals surface area contributed by atoms with Crippen molar-refractivity contribution in [1.29, 1.82) is 0 Å². The zero-order valence-corrected chi connectivity index (χ0v) is 8.64. The summed E-state index contributed by atoms with van der Waals surface area (Å²) in [5.74, 6) is 0.991. The van der Waals surface area contributed by atoms with Crippen LogP contribution in [0.4, 0.5) is 0 Å². The Morgan fingerprint density at radius 1 is 1.25 bits per heavy atom. The Morgan fingerprint density at radius 2 is 1.83 bits per heavy atom. The second-order valence-electron chi connectivity index (χ2n) is 3.23. The molecule has 0 heterocycles. The molecule has 1 rings (SSSR count). The molecule has 1 aliphatic rings. The van der Waals surface area contributed by atoms with Gasteiger partial charge < -0.3 is 10.4 Å². The van der Waals surface area contributed by atoms with Crippen LogP contribution >= 0.6 is 0 Å². The molecular weight excluding hydrogens is 150 g/mol. The molecule has 0 saturated heterocycles. The monoisotopic (exact) mass is 173 g/mol. The minimum absolute atomic E-state index is 0.250. The van der Waals surface area contributed by atoms with Crippen LogP contribution in [0.25, 0.3) is 0 Å². The van der Waals surface area contributed by atoms with Gasteiger partial charge in [0, 0.05) is 12.6 Å². The topological polar surface area (TPSA) is 32.3 Å². The van der Waals surface area contributed by atoms with Crippen molar-refractivity contribution in [3.8, 4) is 0 Å². The Hall–Kier alpha value is -0.0800. The number of hydrogen-bond donors (Lipinski definition) is 2. The summed E-state index contributed by atoms with van der Waals surface area (Å²) < 4.78 is 0. The van der Waals surface area contributed by atoms with Gasteiger partial charge in [0.05, 0.1) is 0 Å². The van der Waals surface area contributed by atoms with Crippen LogP contribution in [0.3, 0.4) is 0 Å². The Balaban J connectivity index is 0.000000354. The second-order valence-corrected chi connectivity index (χ2v) is 3.23. The number of nitrogens with one attached hydrogen (secondary N) is 1. The molecule has 74 valence electrons. The Kier molecular flexibility index (Phi) is 7.51. The van der Waals surface area contributed by atoms with E-state index in [9.17, 15) is 0 Å². The van der Waals surface area contributed by atoms with E-state index in [-0.39, 0.29) is 6.61 Å². The third-order valence-corrected chi connectivity index (χ3v) is 2.41. The van der Waals surface area contributed by atoms with Gasteiger partial charge in [0.25, 0.3) is 0 Å². The zero-order chi connectivity index (χ0) is 9.40. The highest BCUT2D eigenvalue weighted by atomic mass is 16.2. The number of aliphatic hydroxyl groups excluding tert-OH is 1.